The average molecular weight is 207 g/mol. The van der Waals surface area contributed by atoms with Gasteiger partial charge in [0.2, 0.25) is 11.3 Å². The van der Waals surface area contributed by atoms with E-state index < -0.39 is 11.3 Å². The van der Waals surface area contributed by atoms with Gasteiger partial charge in [-0.3, -0.25) is 4.55 Å². The van der Waals surface area contributed by atoms with E-state index in [0.717, 1.165) is 18.8 Å². The van der Waals surface area contributed by atoms with Gasteiger partial charge in [-0.2, -0.15) is 0 Å². The Hall–Kier alpha value is 0.0700. The van der Waals surface area contributed by atoms with Crippen LogP contribution in [0.3, 0.4) is 0 Å². The summed E-state index contributed by atoms with van der Waals surface area (Å²) < 4.78 is 21.0. The third kappa shape index (κ3) is 12.1. The van der Waals surface area contributed by atoms with Crippen molar-refractivity contribution >= 4 is 11.3 Å². The molecular formula is C9H21NO2S. The van der Waals surface area contributed by atoms with Crippen molar-refractivity contribution in [1.82, 2.24) is 4.72 Å². The standard InChI is InChI=1S/C9H21NO2S/c1-9(2)7-5-3-4-6-8-10-13(11)12/h9-10H,3-8H2,1-2H3,(H,11,12). The molecule has 0 aromatic rings. The first-order valence-electron chi connectivity index (χ1n) is 4.97. The molecule has 4 heteroatoms. The van der Waals surface area contributed by atoms with Crippen molar-refractivity contribution in [3.8, 4) is 0 Å². The van der Waals surface area contributed by atoms with E-state index in [0.29, 0.717) is 6.54 Å². The van der Waals surface area contributed by atoms with E-state index in [9.17, 15) is 4.21 Å². The molecule has 0 aliphatic rings. The van der Waals surface area contributed by atoms with Gasteiger partial charge in [0.1, 0.15) is 0 Å². The van der Waals surface area contributed by atoms with Crippen molar-refractivity contribution in [2.75, 3.05) is 6.54 Å². The molecule has 0 saturated carbocycles. The topological polar surface area (TPSA) is 49.3 Å². The molecule has 0 radical (unpaired) electrons. The molecule has 0 fully saturated rings. The summed E-state index contributed by atoms with van der Waals surface area (Å²) in [4.78, 5) is 0. The van der Waals surface area contributed by atoms with Crippen molar-refractivity contribution in [2.24, 2.45) is 5.92 Å². The quantitative estimate of drug-likeness (QED) is 0.474. The summed E-state index contributed by atoms with van der Waals surface area (Å²) in [6.07, 6.45) is 5.94. The molecule has 13 heavy (non-hydrogen) atoms. The normalized spacial score (nSPS) is 13.5. The van der Waals surface area contributed by atoms with Gasteiger partial charge in [-0.25, -0.2) is 8.93 Å². The van der Waals surface area contributed by atoms with E-state index in [1.807, 2.05) is 0 Å². The molecule has 3 nitrogen and oxygen atoms in total. The smallest absolute Gasteiger partial charge is 0.231 e. The number of rotatable bonds is 8. The fourth-order valence-corrected chi connectivity index (χ4v) is 1.51. The van der Waals surface area contributed by atoms with E-state index in [4.69, 9.17) is 4.55 Å². The Morgan fingerprint density at radius 2 is 1.85 bits per heavy atom. The average Bonchev–Trinajstić information content (AvgIpc) is 2.01. The van der Waals surface area contributed by atoms with Crippen LogP contribution >= 0.6 is 0 Å². The molecule has 2 N–H and O–H groups in total. The second-order valence-corrected chi connectivity index (χ2v) is 4.53. The summed E-state index contributed by atoms with van der Waals surface area (Å²) >= 11 is -1.83. The largest absolute Gasteiger partial charge is 0.294 e. The van der Waals surface area contributed by atoms with Gasteiger partial charge in [0.05, 0.1) is 0 Å². The van der Waals surface area contributed by atoms with Crippen LogP contribution in [0.1, 0.15) is 46.0 Å². The van der Waals surface area contributed by atoms with Crippen molar-refractivity contribution in [1.29, 1.82) is 0 Å². The molecule has 0 aliphatic carbocycles. The van der Waals surface area contributed by atoms with Crippen molar-refractivity contribution in [3.05, 3.63) is 0 Å². The molecule has 0 aromatic carbocycles. The molecule has 1 atom stereocenters. The van der Waals surface area contributed by atoms with Crippen LogP contribution < -0.4 is 4.72 Å². The number of hydrogen-bond acceptors (Lipinski definition) is 1. The van der Waals surface area contributed by atoms with E-state index in [1.54, 1.807) is 0 Å². The van der Waals surface area contributed by atoms with Gasteiger partial charge < -0.3 is 0 Å². The first-order chi connectivity index (χ1) is 6.13. The van der Waals surface area contributed by atoms with Crippen LogP contribution in [0.15, 0.2) is 0 Å². The van der Waals surface area contributed by atoms with E-state index in [2.05, 4.69) is 18.6 Å². The Labute approximate surface area is 83.7 Å². The van der Waals surface area contributed by atoms with E-state index in [-0.39, 0.29) is 0 Å². The van der Waals surface area contributed by atoms with Crippen LogP contribution in [0.2, 0.25) is 0 Å². The first kappa shape index (κ1) is 13.1. The summed E-state index contributed by atoms with van der Waals surface area (Å²) in [6, 6.07) is 0. The van der Waals surface area contributed by atoms with Gasteiger partial charge in [0, 0.05) is 6.54 Å². The number of nitrogens with one attached hydrogen (secondary N) is 1. The lowest BCUT2D eigenvalue weighted by molar-refractivity contribution is 0.514. The van der Waals surface area contributed by atoms with Gasteiger partial charge in [-0.15, -0.1) is 0 Å². The molecule has 1 unspecified atom stereocenters. The third-order valence-corrected chi connectivity index (χ3v) is 2.38. The highest BCUT2D eigenvalue weighted by molar-refractivity contribution is 7.77. The lowest BCUT2D eigenvalue weighted by atomic mass is 10.0. The van der Waals surface area contributed by atoms with Gasteiger partial charge in [0.25, 0.3) is 0 Å². The summed E-state index contributed by atoms with van der Waals surface area (Å²) in [5.74, 6) is 0.795. The molecule has 0 heterocycles. The lowest BCUT2D eigenvalue weighted by Gasteiger charge is -2.03. The van der Waals surface area contributed by atoms with Gasteiger partial charge in [-0.05, 0) is 12.3 Å². The summed E-state index contributed by atoms with van der Waals surface area (Å²) in [5.41, 5.74) is 0. The van der Waals surface area contributed by atoms with Crippen LogP contribution in [-0.2, 0) is 11.3 Å². The Morgan fingerprint density at radius 1 is 1.23 bits per heavy atom. The Kier molecular flexibility index (Phi) is 8.71. The zero-order valence-electron chi connectivity index (χ0n) is 8.58. The molecule has 0 spiro atoms. The predicted molar refractivity (Wildman–Crippen MR) is 56.7 cm³/mol. The van der Waals surface area contributed by atoms with E-state index >= 15 is 0 Å². The Morgan fingerprint density at radius 3 is 2.38 bits per heavy atom. The maximum Gasteiger partial charge on any atom is 0.231 e. The van der Waals surface area contributed by atoms with Crippen molar-refractivity contribution in [2.45, 2.75) is 46.0 Å². The first-order valence-corrected chi connectivity index (χ1v) is 6.08. The highest BCUT2D eigenvalue weighted by Crippen LogP contribution is 2.08. The molecule has 0 amide bonds. The monoisotopic (exact) mass is 207 g/mol. The van der Waals surface area contributed by atoms with Crippen LogP contribution in [0.4, 0.5) is 0 Å². The third-order valence-electron chi connectivity index (χ3n) is 1.93. The predicted octanol–water partition coefficient (Wildman–Crippen LogP) is 2.32. The van der Waals surface area contributed by atoms with Crippen molar-refractivity contribution < 1.29 is 8.76 Å². The minimum atomic E-state index is -1.83. The van der Waals surface area contributed by atoms with E-state index in [1.165, 1.54) is 19.3 Å². The molecular weight excluding hydrogens is 186 g/mol. The highest BCUT2D eigenvalue weighted by Gasteiger charge is 1.95. The second-order valence-electron chi connectivity index (χ2n) is 3.74. The van der Waals surface area contributed by atoms with Gasteiger partial charge in [-0.1, -0.05) is 39.5 Å². The summed E-state index contributed by atoms with van der Waals surface area (Å²) in [7, 11) is 0. The lowest BCUT2D eigenvalue weighted by Crippen LogP contribution is -2.17. The summed E-state index contributed by atoms with van der Waals surface area (Å²) in [5, 5.41) is 0. The molecule has 0 bridgehead atoms. The molecule has 0 saturated heterocycles. The van der Waals surface area contributed by atoms with Crippen LogP contribution in [0, 0.1) is 5.92 Å². The van der Waals surface area contributed by atoms with Crippen LogP contribution in [-0.4, -0.2) is 15.3 Å². The van der Waals surface area contributed by atoms with Crippen LogP contribution in [0.25, 0.3) is 0 Å². The minimum absolute atomic E-state index is 0.644. The SMILES string of the molecule is CC(C)CCCCCCNS(=O)O. The summed E-state index contributed by atoms with van der Waals surface area (Å²) in [6.45, 7) is 5.11. The zero-order chi connectivity index (χ0) is 10.1. The fourth-order valence-electron chi connectivity index (χ4n) is 1.19. The number of unbranched alkanes of at least 4 members (excludes halogenated alkanes) is 3. The molecule has 80 valence electrons. The molecule has 0 aromatic heterocycles. The highest BCUT2D eigenvalue weighted by atomic mass is 32.2. The zero-order valence-corrected chi connectivity index (χ0v) is 9.40. The maximum atomic E-state index is 10.2. The second kappa shape index (κ2) is 8.66. The van der Waals surface area contributed by atoms with Crippen molar-refractivity contribution in [3.63, 3.8) is 0 Å². The molecule has 0 rings (SSSR count). The Balaban J connectivity index is 2.96. The maximum absolute atomic E-state index is 10.2. The number of hydrogen-bond donors (Lipinski definition) is 2. The van der Waals surface area contributed by atoms with Gasteiger partial charge >= 0.3 is 0 Å². The molecule has 0 aliphatic heterocycles. The Bertz CT molecular complexity index is 140. The van der Waals surface area contributed by atoms with Crippen LogP contribution in [0.5, 0.6) is 0 Å². The fraction of sp³-hybridized carbons (Fsp3) is 1.00. The van der Waals surface area contributed by atoms with Gasteiger partial charge in [0.15, 0.2) is 0 Å². The minimum Gasteiger partial charge on any atom is -0.294 e.